The Balaban J connectivity index is 1.95. The Bertz CT molecular complexity index is 275. The van der Waals surface area contributed by atoms with Crippen molar-refractivity contribution in [2.45, 2.75) is 45.6 Å². The number of rotatable bonds is 5. The molecule has 98 valence electrons. The van der Waals surface area contributed by atoms with Crippen molar-refractivity contribution in [2.75, 3.05) is 19.6 Å². The first-order valence-electron chi connectivity index (χ1n) is 7.01. The van der Waals surface area contributed by atoms with Crippen LogP contribution in [-0.4, -0.2) is 42.0 Å². The summed E-state index contributed by atoms with van der Waals surface area (Å²) >= 11 is 0. The molecule has 0 bridgehead atoms. The summed E-state index contributed by atoms with van der Waals surface area (Å²) in [6, 6.07) is 0. The number of fused-ring (bicyclic) bond motifs is 1. The molecule has 3 heteroatoms. The predicted octanol–water partition coefficient (Wildman–Crippen LogP) is 1.69. The molecular weight excluding hydrogens is 214 g/mol. The van der Waals surface area contributed by atoms with Crippen LogP contribution in [0.1, 0.15) is 39.5 Å². The van der Waals surface area contributed by atoms with Gasteiger partial charge in [0.15, 0.2) is 0 Å². The van der Waals surface area contributed by atoms with Gasteiger partial charge in [-0.15, -0.1) is 0 Å². The summed E-state index contributed by atoms with van der Waals surface area (Å²) in [5, 5.41) is 9.89. The maximum atomic E-state index is 11.3. The van der Waals surface area contributed by atoms with E-state index in [1.807, 2.05) is 0 Å². The van der Waals surface area contributed by atoms with Crippen LogP contribution in [0.2, 0.25) is 0 Å². The molecule has 3 nitrogen and oxygen atoms in total. The van der Waals surface area contributed by atoms with E-state index in [9.17, 15) is 9.90 Å². The highest BCUT2D eigenvalue weighted by Crippen LogP contribution is 2.39. The molecule has 1 heterocycles. The Morgan fingerprint density at radius 2 is 2.00 bits per heavy atom. The first-order chi connectivity index (χ1) is 8.14. The summed E-state index contributed by atoms with van der Waals surface area (Å²) in [5.41, 5.74) is -0.163. The van der Waals surface area contributed by atoms with Crippen molar-refractivity contribution in [2.24, 2.45) is 17.3 Å². The number of aldehydes is 1. The molecule has 1 aliphatic heterocycles. The maximum absolute atomic E-state index is 11.3. The van der Waals surface area contributed by atoms with Gasteiger partial charge >= 0.3 is 0 Å². The predicted molar refractivity (Wildman–Crippen MR) is 67.7 cm³/mol. The fourth-order valence-corrected chi connectivity index (χ4v) is 3.58. The molecule has 3 atom stereocenters. The molecule has 2 rings (SSSR count). The third-order valence-corrected chi connectivity index (χ3v) is 5.09. The number of nitrogens with zero attached hydrogens (tertiary/aromatic N) is 1. The zero-order chi connectivity index (χ0) is 12.5. The van der Waals surface area contributed by atoms with Gasteiger partial charge in [-0.05, 0) is 31.6 Å². The summed E-state index contributed by atoms with van der Waals surface area (Å²) < 4.78 is 0. The van der Waals surface area contributed by atoms with Gasteiger partial charge in [0.1, 0.15) is 6.29 Å². The van der Waals surface area contributed by atoms with Gasteiger partial charge in [0.05, 0.1) is 6.10 Å². The number of carbonyl (C=O) groups is 1. The number of aliphatic hydroxyl groups is 1. The van der Waals surface area contributed by atoms with Crippen LogP contribution in [0.15, 0.2) is 0 Å². The molecule has 2 fully saturated rings. The van der Waals surface area contributed by atoms with Crippen molar-refractivity contribution in [3.63, 3.8) is 0 Å². The fraction of sp³-hybridized carbons (Fsp3) is 0.929. The van der Waals surface area contributed by atoms with Crippen LogP contribution in [0, 0.1) is 17.3 Å². The number of hydrogen-bond donors (Lipinski definition) is 1. The molecule has 3 unspecified atom stereocenters. The lowest BCUT2D eigenvalue weighted by molar-refractivity contribution is -0.117. The van der Waals surface area contributed by atoms with Crippen LogP contribution >= 0.6 is 0 Å². The third-order valence-electron chi connectivity index (χ3n) is 5.09. The lowest BCUT2D eigenvalue weighted by Gasteiger charge is -2.31. The standard InChI is InChI=1S/C14H25NO2/c1-3-14(4-2,10-16)9-15-7-11-5-6-13(17)12(11)8-15/h10-13,17H,3-9H2,1-2H3. The highest BCUT2D eigenvalue weighted by atomic mass is 16.3. The third kappa shape index (κ3) is 2.41. The molecule has 17 heavy (non-hydrogen) atoms. The van der Waals surface area contributed by atoms with Gasteiger partial charge in [0, 0.05) is 31.0 Å². The van der Waals surface area contributed by atoms with Crippen molar-refractivity contribution in [1.82, 2.24) is 4.90 Å². The smallest absolute Gasteiger partial charge is 0.127 e. The highest BCUT2D eigenvalue weighted by molar-refractivity contribution is 5.59. The molecule has 0 aromatic carbocycles. The van der Waals surface area contributed by atoms with E-state index in [2.05, 4.69) is 18.7 Å². The minimum atomic E-state index is -0.163. The summed E-state index contributed by atoms with van der Waals surface area (Å²) in [5.74, 6) is 1.14. The Labute approximate surface area is 104 Å². The van der Waals surface area contributed by atoms with Crippen molar-refractivity contribution < 1.29 is 9.90 Å². The summed E-state index contributed by atoms with van der Waals surface area (Å²) in [6.07, 6.45) is 5.03. The molecule has 1 saturated heterocycles. The van der Waals surface area contributed by atoms with Crippen molar-refractivity contribution in [1.29, 1.82) is 0 Å². The maximum Gasteiger partial charge on any atom is 0.127 e. The second-order valence-corrected chi connectivity index (χ2v) is 5.95. The van der Waals surface area contributed by atoms with Gasteiger partial charge in [-0.25, -0.2) is 0 Å². The van der Waals surface area contributed by atoms with Crippen LogP contribution in [-0.2, 0) is 4.79 Å². The van der Waals surface area contributed by atoms with Crippen LogP contribution in [0.4, 0.5) is 0 Å². The minimum Gasteiger partial charge on any atom is -0.393 e. The molecule has 1 saturated carbocycles. The van der Waals surface area contributed by atoms with Gasteiger partial charge in [-0.2, -0.15) is 0 Å². The highest BCUT2D eigenvalue weighted by Gasteiger charge is 2.43. The number of hydrogen-bond acceptors (Lipinski definition) is 3. The monoisotopic (exact) mass is 239 g/mol. The van der Waals surface area contributed by atoms with E-state index < -0.39 is 0 Å². The van der Waals surface area contributed by atoms with Gasteiger partial charge in [0.25, 0.3) is 0 Å². The average Bonchev–Trinajstić information content (AvgIpc) is 2.89. The molecule has 0 spiro atoms. The van der Waals surface area contributed by atoms with Crippen molar-refractivity contribution in [3.05, 3.63) is 0 Å². The first kappa shape index (κ1) is 13.0. The van der Waals surface area contributed by atoms with Crippen LogP contribution < -0.4 is 0 Å². The Hall–Kier alpha value is -0.410. The molecule has 0 aromatic heterocycles. The minimum absolute atomic E-state index is 0.0983. The zero-order valence-corrected chi connectivity index (χ0v) is 11.1. The Morgan fingerprint density at radius 1 is 1.29 bits per heavy atom. The Morgan fingerprint density at radius 3 is 2.53 bits per heavy atom. The van der Waals surface area contributed by atoms with Gasteiger partial charge in [-0.3, -0.25) is 0 Å². The SMILES string of the molecule is CCC(C=O)(CC)CN1CC2CCC(O)C2C1. The zero-order valence-electron chi connectivity index (χ0n) is 11.1. The Kier molecular flexibility index (Phi) is 3.88. The number of aliphatic hydroxyl groups excluding tert-OH is 1. The molecule has 2 aliphatic rings. The largest absolute Gasteiger partial charge is 0.393 e. The van der Waals surface area contributed by atoms with Crippen LogP contribution in [0.25, 0.3) is 0 Å². The van der Waals surface area contributed by atoms with E-state index in [0.29, 0.717) is 11.8 Å². The molecule has 0 amide bonds. The number of carbonyl (C=O) groups excluding carboxylic acids is 1. The summed E-state index contributed by atoms with van der Waals surface area (Å²) in [7, 11) is 0. The second-order valence-electron chi connectivity index (χ2n) is 5.95. The van der Waals surface area contributed by atoms with E-state index in [0.717, 1.165) is 51.6 Å². The van der Waals surface area contributed by atoms with E-state index in [4.69, 9.17) is 0 Å². The number of likely N-dealkylation sites (tertiary alicyclic amines) is 1. The lowest BCUT2D eigenvalue weighted by atomic mass is 9.83. The molecule has 0 aromatic rings. The topological polar surface area (TPSA) is 40.5 Å². The lowest BCUT2D eigenvalue weighted by Crippen LogP contribution is -2.38. The van der Waals surface area contributed by atoms with Gasteiger partial charge in [-0.1, -0.05) is 13.8 Å². The normalized spacial score (nSPS) is 33.9. The average molecular weight is 239 g/mol. The van der Waals surface area contributed by atoms with E-state index in [-0.39, 0.29) is 11.5 Å². The fourth-order valence-electron chi connectivity index (χ4n) is 3.58. The van der Waals surface area contributed by atoms with E-state index in [1.54, 1.807) is 0 Å². The van der Waals surface area contributed by atoms with Crippen LogP contribution in [0.3, 0.4) is 0 Å². The van der Waals surface area contributed by atoms with Crippen molar-refractivity contribution >= 4 is 6.29 Å². The summed E-state index contributed by atoms with van der Waals surface area (Å²) in [4.78, 5) is 13.7. The van der Waals surface area contributed by atoms with Gasteiger partial charge in [0.2, 0.25) is 0 Å². The van der Waals surface area contributed by atoms with E-state index >= 15 is 0 Å². The summed E-state index contributed by atoms with van der Waals surface area (Å²) in [6.45, 7) is 7.15. The molecule has 1 aliphatic carbocycles. The molecular formula is C14H25NO2. The second kappa shape index (κ2) is 5.07. The van der Waals surface area contributed by atoms with Crippen LogP contribution in [0.5, 0.6) is 0 Å². The van der Waals surface area contributed by atoms with E-state index in [1.165, 1.54) is 0 Å². The van der Waals surface area contributed by atoms with Crippen molar-refractivity contribution in [3.8, 4) is 0 Å². The molecule has 1 N–H and O–H groups in total. The quantitative estimate of drug-likeness (QED) is 0.742. The first-order valence-corrected chi connectivity index (χ1v) is 7.01. The molecule has 0 radical (unpaired) electrons. The van der Waals surface area contributed by atoms with Gasteiger partial charge < -0.3 is 14.8 Å².